The molecule has 0 radical (unpaired) electrons. The Morgan fingerprint density at radius 1 is 1.11 bits per heavy atom. The average Bonchev–Trinajstić information content (AvgIpc) is 2.28. The summed E-state index contributed by atoms with van der Waals surface area (Å²) in [5.74, 6) is -0.607. The van der Waals surface area contributed by atoms with E-state index in [1.54, 1.807) is 24.3 Å². The summed E-state index contributed by atoms with van der Waals surface area (Å²) in [6.45, 7) is 1.83. The van der Waals surface area contributed by atoms with Crippen LogP contribution in [0.1, 0.15) is 18.5 Å². The van der Waals surface area contributed by atoms with Gasteiger partial charge in [0.25, 0.3) is 0 Å². The molecular formula is C14H12BrF2N. The number of nitrogens with one attached hydrogen (secondary N) is 1. The van der Waals surface area contributed by atoms with Crippen molar-refractivity contribution in [3.05, 3.63) is 64.1 Å². The Hall–Kier alpha value is -1.42. The maximum absolute atomic E-state index is 13.7. The van der Waals surface area contributed by atoms with Gasteiger partial charge in [0.1, 0.15) is 11.6 Å². The molecule has 2 rings (SSSR count). The molecule has 0 heterocycles. The van der Waals surface area contributed by atoms with Crippen LogP contribution >= 0.6 is 15.9 Å². The molecule has 0 aliphatic rings. The molecule has 1 unspecified atom stereocenters. The summed E-state index contributed by atoms with van der Waals surface area (Å²) in [5, 5.41) is 3.06. The molecule has 0 amide bonds. The minimum absolute atomic E-state index is 0.236. The van der Waals surface area contributed by atoms with Gasteiger partial charge in [0, 0.05) is 15.7 Å². The fourth-order valence-electron chi connectivity index (χ4n) is 1.76. The Kier molecular flexibility index (Phi) is 3.97. The third kappa shape index (κ3) is 3.07. The first kappa shape index (κ1) is 13.0. The van der Waals surface area contributed by atoms with E-state index in [1.165, 1.54) is 18.2 Å². The quantitative estimate of drug-likeness (QED) is 0.850. The number of anilines is 1. The molecule has 0 fully saturated rings. The zero-order valence-corrected chi connectivity index (χ0v) is 11.3. The first-order chi connectivity index (χ1) is 8.56. The lowest BCUT2D eigenvalue weighted by Crippen LogP contribution is -2.08. The molecule has 0 spiro atoms. The van der Waals surface area contributed by atoms with E-state index in [9.17, 15) is 8.78 Å². The first-order valence-corrected chi connectivity index (χ1v) is 6.32. The predicted molar refractivity (Wildman–Crippen MR) is 72.5 cm³/mol. The largest absolute Gasteiger partial charge is 0.378 e. The van der Waals surface area contributed by atoms with Crippen LogP contribution in [0.4, 0.5) is 14.5 Å². The van der Waals surface area contributed by atoms with E-state index in [4.69, 9.17) is 0 Å². The Morgan fingerprint density at radius 2 is 1.89 bits per heavy atom. The summed E-state index contributed by atoms with van der Waals surface area (Å²) < 4.78 is 27.5. The fourth-order valence-corrected chi connectivity index (χ4v) is 2.09. The van der Waals surface area contributed by atoms with Gasteiger partial charge >= 0.3 is 0 Å². The lowest BCUT2D eigenvalue weighted by Gasteiger charge is -2.16. The molecular weight excluding hydrogens is 300 g/mol. The van der Waals surface area contributed by atoms with Crippen LogP contribution in [0.25, 0.3) is 0 Å². The van der Waals surface area contributed by atoms with E-state index < -0.39 is 0 Å². The van der Waals surface area contributed by atoms with Gasteiger partial charge in [0.2, 0.25) is 0 Å². The molecule has 4 heteroatoms. The molecule has 0 bridgehead atoms. The molecule has 18 heavy (non-hydrogen) atoms. The van der Waals surface area contributed by atoms with Gasteiger partial charge in [-0.15, -0.1) is 0 Å². The summed E-state index contributed by atoms with van der Waals surface area (Å²) in [5.41, 5.74) is 1.17. The van der Waals surface area contributed by atoms with E-state index in [2.05, 4.69) is 21.2 Å². The number of halogens is 3. The molecule has 0 aromatic heterocycles. The van der Waals surface area contributed by atoms with Gasteiger partial charge in [-0.3, -0.25) is 0 Å². The van der Waals surface area contributed by atoms with Gasteiger partial charge in [-0.25, -0.2) is 8.78 Å². The van der Waals surface area contributed by atoms with Crippen LogP contribution in [-0.2, 0) is 0 Å². The minimum Gasteiger partial charge on any atom is -0.378 e. The zero-order chi connectivity index (χ0) is 13.1. The van der Waals surface area contributed by atoms with Crippen molar-refractivity contribution in [2.75, 3.05) is 5.32 Å². The second-order valence-corrected chi connectivity index (χ2v) is 4.96. The van der Waals surface area contributed by atoms with Crippen LogP contribution in [-0.4, -0.2) is 0 Å². The maximum Gasteiger partial charge on any atom is 0.129 e. The molecule has 2 aromatic carbocycles. The lowest BCUT2D eigenvalue weighted by atomic mass is 10.1. The molecule has 1 N–H and O–H groups in total. The van der Waals surface area contributed by atoms with Gasteiger partial charge in [0.15, 0.2) is 0 Å². The van der Waals surface area contributed by atoms with Gasteiger partial charge in [0.05, 0.1) is 6.04 Å². The van der Waals surface area contributed by atoms with E-state index in [-0.39, 0.29) is 17.7 Å². The van der Waals surface area contributed by atoms with Crippen LogP contribution in [0.5, 0.6) is 0 Å². The fraction of sp³-hybridized carbons (Fsp3) is 0.143. The average molecular weight is 312 g/mol. The number of benzene rings is 2. The predicted octanol–water partition coefficient (Wildman–Crippen LogP) is 4.90. The molecule has 1 atom stereocenters. The highest BCUT2D eigenvalue weighted by atomic mass is 79.9. The maximum atomic E-state index is 13.7. The van der Waals surface area contributed by atoms with Crippen molar-refractivity contribution in [3.8, 4) is 0 Å². The molecule has 2 aromatic rings. The highest BCUT2D eigenvalue weighted by molar-refractivity contribution is 9.10. The number of hydrogen-bond acceptors (Lipinski definition) is 1. The van der Waals surface area contributed by atoms with Crippen LogP contribution in [0.3, 0.4) is 0 Å². The normalized spacial score (nSPS) is 12.2. The van der Waals surface area contributed by atoms with Crippen molar-refractivity contribution in [2.45, 2.75) is 13.0 Å². The van der Waals surface area contributed by atoms with Gasteiger partial charge < -0.3 is 5.32 Å². The Bertz CT molecular complexity index is 557. The van der Waals surface area contributed by atoms with Crippen LogP contribution in [0.15, 0.2) is 46.9 Å². The topological polar surface area (TPSA) is 12.0 Å². The van der Waals surface area contributed by atoms with E-state index in [1.807, 2.05) is 6.92 Å². The molecule has 94 valence electrons. The van der Waals surface area contributed by atoms with Gasteiger partial charge in [-0.05, 0) is 37.3 Å². The van der Waals surface area contributed by atoms with E-state index in [0.29, 0.717) is 15.7 Å². The van der Waals surface area contributed by atoms with E-state index >= 15 is 0 Å². The monoisotopic (exact) mass is 311 g/mol. The van der Waals surface area contributed by atoms with Crippen molar-refractivity contribution in [3.63, 3.8) is 0 Å². The molecule has 0 aliphatic heterocycles. The minimum atomic E-state index is -0.316. The van der Waals surface area contributed by atoms with Crippen LogP contribution in [0.2, 0.25) is 0 Å². The first-order valence-electron chi connectivity index (χ1n) is 5.53. The number of rotatable bonds is 3. The molecule has 1 nitrogen and oxygen atoms in total. The molecule has 0 aliphatic carbocycles. The van der Waals surface area contributed by atoms with Crippen molar-refractivity contribution in [1.82, 2.24) is 0 Å². The third-order valence-electron chi connectivity index (χ3n) is 2.64. The summed E-state index contributed by atoms with van der Waals surface area (Å²) in [4.78, 5) is 0. The summed E-state index contributed by atoms with van der Waals surface area (Å²) in [6.07, 6.45) is 0. The lowest BCUT2D eigenvalue weighted by molar-refractivity contribution is 0.599. The SMILES string of the molecule is CC(Nc1cccc(F)c1)c1ccc(Br)cc1F. The van der Waals surface area contributed by atoms with Crippen molar-refractivity contribution >= 4 is 21.6 Å². The van der Waals surface area contributed by atoms with E-state index in [0.717, 1.165) is 0 Å². The highest BCUT2D eigenvalue weighted by Gasteiger charge is 2.11. The second kappa shape index (κ2) is 5.48. The third-order valence-corrected chi connectivity index (χ3v) is 3.13. The summed E-state index contributed by atoms with van der Waals surface area (Å²) >= 11 is 3.21. The summed E-state index contributed by atoms with van der Waals surface area (Å²) in [6, 6.07) is 10.8. The van der Waals surface area contributed by atoms with Crippen molar-refractivity contribution in [2.24, 2.45) is 0 Å². The van der Waals surface area contributed by atoms with Gasteiger partial charge in [-0.2, -0.15) is 0 Å². The summed E-state index contributed by atoms with van der Waals surface area (Å²) in [7, 11) is 0. The second-order valence-electron chi connectivity index (χ2n) is 4.04. The zero-order valence-electron chi connectivity index (χ0n) is 9.75. The smallest absolute Gasteiger partial charge is 0.129 e. The standard InChI is InChI=1S/C14H12BrF2N/c1-9(13-6-5-10(15)7-14(13)17)18-12-4-2-3-11(16)8-12/h2-9,18H,1H3. The Labute approximate surface area is 113 Å². The van der Waals surface area contributed by atoms with Crippen LogP contribution in [0, 0.1) is 11.6 Å². The highest BCUT2D eigenvalue weighted by Crippen LogP contribution is 2.24. The Balaban J connectivity index is 2.19. The molecule has 0 saturated carbocycles. The number of hydrogen-bond donors (Lipinski definition) is 1. The van der Waals surface area contributed by atoms with Crippen LogP contribution < -0.4 is 5.32 Å². The van der Waals surface area contributed by atoms with Crippen molar-refractivity contribution in [1.29, 1.82) is 0 Å². The van der Waals surface area contributed by atoms with Crippen molar-refractivity contribution < 1.29 is 8.78 Å². The molecule has 0 saturated heterocycles. The Morgan fingerprint density at radius 3 is 2.56 bits per heavy atom. The van der Waals surface area contributed by atoms with Gasteiger partial charge in [-0.1, -0.05) is 28.1 Å².